The lowest BCUT2D eigenvalue weighted by atomic mass is 10.1. The van der Waals surface area contributed by atoms with E-state index in [1.165, 1.54) is 19.2 Å². The van der Waals surface area contributed by atoms with Crippen molar-refractivity contribution >= 4 is 17.6 Å². The van der Waals surface area contributed by atoms with Gasteiger partial charge in [0, 0.05) is 12.1 Å². The molecule has 5 heteroatoms. The Kier molecular flexibility index (Phi) is 5.46. The van der Waals surface area contributed by atoms with E-state index in [0.29, 0.717) is 23.2 Å². The molecule has 0 heterocycles. The lowest BCUT2D eigenvalue weighted by molar-refractivity contribution is -0.116. The van der Waals surface area contributed by atoms with Crippen LogP contribution in [0.3, 0.4) is 0 Å². The predicted molar refractivity (Wildman–Crippen MR) is 85.9 cm³/mol. The van der Waals surface area contributed by atoms with Crippen LogP contribution in [0, 0.1) is 12.7 Å². The highest BCUT2D eigenvalue weighted by atomic mass is 19.1. The van der Waals surface area contributed by atoms with Gasteiger partial charge in [0.2, 0.25) is 5.91 Å². The zero-order chi connectivity index (χ0) is 16.8. The normalized spacial score (nSPS) is 10.2. The minimum atomic E-state index is -0.446. The summed E-state index contributed by atoms with van der Waals surface area (Å²) in [6.45, 7) is 1.74. The first-order valence-electron chi connectivity index (χ1n) is 7.23. The molecule has 0 atom stereocenters. The number of methoxy groups -OCH3 is 1. The van der Waals surface area contributed by atoms with Crippen molar-refractivity contribution in [3.63, 3.8) is 0 Å². The van der Waals surface area contributed by atoms with E-state index >= 15 is 0 Å². The number of hydrogen-bond donors (Lipinski definition) is 1. The quantitative estimate of drug-likeness (QED) is 0.859. The number of carbonyl (C=O) groups excluding carboxylic acids is 2. The summed E-state index contributed by atoms with van der Waals surface area (Å²) in [5.41, 5.74) is 2.39. The maximum Gasteiger partial charge on any atom is 0.338 e. The van der Waals surface area contributed by atoms with Gasteiger partial charge in [0.15, 0.2) is 0 Å². The summed E-state index contributed by atoms with van der Waals surface area (Å²) in [4.78, 5) is 23.7. The topological polar surface area (TPSA) is 55.4 Å². The van der Waals surface area contributed by atoms with Crippen LogP contribution < -0.4 is 5.32 Å². The Hall–Kier alpha value is -2.69. The summed E-state index contributed by atoms with van der Waals surface area (Å²) in [7, 11) is 1.31. The highest BCUT2D eigenvalue weighted by Gasteiger charge is 2.13. The van der Waals surface area contributed by atoms with Crippen molar-refractivity contribution in [2.75, 3.05) is 12.4 Å². The Balaban J connectivity index is 2.02. The molecule has 0 aliphatic carbocycles. The summed E-state index contributed by atoms with van der Waals surface area (Å²) in [6.07, 6.45) is 0.671. The van der Waals surface area contributed by atoms with Gasteiger partial charge in [-0.15, -0.1) is 0 Å². The monoisotopic (exact) mass is 315 g/mol. The van der Waals surface area contributed by atoms with Crippen LogP contribution >= 0.6 is 0 Å². The number of esters is 1. The summed E-state index contributed by atoms with van der Waals surface area (Å²) in [6, 6.07) is 11.2. The van der Waals surface area contributed by atoms with Crippen molar-refractivity contribution in [2.45, 2.75) is 19.8 Å². The van der Waals surface area contributed by atoms with Crippen LogP contribution in [-0.4, -0.2) is 19.0 Å². The Morgan fingerprint density at radius 2 is 1.91 bits per heavy atom. The fraction of sp³-hybridized carbons (Fsp3) is 0.222. The van der Waals surface area contributed by atoms with E-state index in [1.54, 1.807) is 37.3 Å². The Morgan fingerprint density at radius 1 is 1.17 bits per heavy atom. The molecule has 0 bridgehead atoms. The largest absolute Gasteiger partial charge is 0.465 e. The van der Waals surface area contributed by atoms with Crippen LogP contribution in [-0.2, 0) is 16.0 Å². The van der Waals surface area contributed by atoms with Crippen LogP contribution in [0.15, 0.2) is 42.5 Å². The van der Waals surface area contributed by atoms with Gasteiger partial charge >= 0.3 is 5.97 Å². The van der Waals surface area contributed by atoms with Gasteiger partial charge in [-0.1, -0.05) is 18.2 Å². The van der Waals surface area contributed by atoms with E-state index in [1.807, 2.05) is 0 Å². The fourth-order valence-electron chi connectivity index (χ4n) is 2.27. The Morgan fingerprint density at radius 3 is 2.61 bits per heavy atom. The first-order chi connectivity index (χ1) is 11.0. The molecule has 0 aliphatic heterocycles. The molecule has 0 spiro atoms. The van der Waals surface area contributed by atoms with Crippen molar-refractivity contribution in [1.82, 2.24) is 0 Å². The van der Waals surface area contributed by atoms with Crippen molar-refractivity contribution in [2.24, 2.45) is 0 Å². The van der Waals surface area contributed by atoms with E-state index in [-0.39, 0.29) is 18.1 Å². The van der Waals surface area contributed by atoms with E-state index in [4.69, 9.17) is 4.74 Å². The Labute approximate surface area is 134 Å². The van der Waals surface area contributed by atoms with Crippen molar-refractivity contribution in [3.8, 4) is 0 Å². The number of nitrogens with one attached hydrogen (secondary N) is 1. The molecule has 2 rings (SSSR count). The number of amides is 1. The first-order valence-corrected chi connectivity index (χ1v) is 7.23. The molecule has 1 N–H and O–H groups in total. The second-order valence-corrected chi connectivity index (χ2v) is 5.15. The third kappa shape index (κ3) is 4.39. The minimum absolute atomic E-state index is 0.195. The number of carbonyl (C=O) groups is 2. The van der Waals surface area contributed by atoms with E-state index < -0.39 is 5.97 Å². The van der Waals surface area contributed by atoms with Gasteiger partial charge in [0.1, 0.15) is 5.82 Å². The molecule has 0 fully saturated rings. The van der Waals surface area contributed by atoms with Gasteiger partial charge in [-0.05, 0) is 48.7 Å². The average Bonchev–Trinajstić information content (AvgIpc) is 2.54. The molecule has 0 aliphatic rings. The van der Waals surface area contributed by atoms with Crippen molar-refractivity contribution in [1.29, 1.82) is 0 Å². The lowest BCUT2D eigenvalue weighted by Crippen LogP contribution is -2.14. The zero-order valence-corrected chi connectivity index (χ0v) is 13.1. The summed E-state index contributed by atoms with van der Waals surface area (Å²) in [5.74, 6) is -0.956. The number of anilines is 1. The third-order valence-electron chi connectivity index (χ3n) is 3.54. The molecule has 4 nitrogen and oxygen atoms in total. The van der Waals surface area contributed by atoms with Crippen LogP contribution in [0.1, 0.15) is 27.9 Å². The molecular weight excluding hydrogens is 297 g/mol. The third-order valence-corrected chi connectivity index (χ3v) is 3.54. The molecule has 0 aromatic heterocycles. The standard InChI is InChI=1S/C18H18FNO3/c1-12-15(18(22)23-2)7-4-8-16(12)20-17(21)10-9-13-5-3-6-14(19)11-13/h3-8,11H,9-10H2,1-2H3,(H,20,21). The van der Waals surface area contributed by atoms with E-state index in [0.717, 1.165) is 5.56 Å². The van der Waals surface area contributed by atoms with Crippen LogP contribution in [0.2, 0.25) is 0 Å². The van der Waals surface area contributed by atoms with E-state index in [9.17, 15) is 14.0 Å². The van der Waals surface area contributed by atoms with Crippen LogP contribution in [0.5, 0.6) is 0 Å². The highest BCUT2D eigenvalue weighted by Crippen LogP contribution is 2.20. The lowest BCUT2D eigenvalue weighted by Gasteiger charge is -2.11. The number of aryl methyl sites for hydroxylation is 1. The van der Waals surface area contributed by atoms with Crippen LogP contribution in [0.25, 0.3) is 0 Å². The van der Waals surface area contributed by atoms with Gasteiger partial charge in [-0.2, -0.15) is 0 Å². The number of benzene rings is 2. The molecule has 23 heavy (non-hydrogen) atoms. The maximum atomic E-state index is 13.1. The summed E-state index contributed by atoms with van der Waals surface area (Å²) < 4.78 is 17.8. The van der Waals surface area contributed by atoms with Crippen molar-refractivity contribution in [3.05, 3.63) is 65.0 Å². The van der Waals surface area contributed by atoms with Gasteiger partial charge < -0.3 is 10.1 Å². The fourth-order valence-corrected chi connectivity index (χ4v) is 2.27. The van der Waals surface area contributed by atoms with Gasteiger partial charge in [-0.3, -0.25) is 4.79 Å². The van der Waals surface area contributed by atoms with Gasteiger partial charge in [0.25, 0.3) is 0 Å². The highest BCUT2D eigenvalue weighted by molar-refractivity contribution is 5.96. The first kappa shape index (κ1) is 16.7. The van der Waals surface area contributed by atoms with E-state index in [2.05, 4.69) is 5.32 Å². The molecule has 2 aromatic rings. The predicted octanol–water partition coefficient (Wildman–Crippen LogP) is 3.49. The molecule has 0 radical (unpaired) electrons. The molecule has 1 amide bonds. The second-order valence-electron chi connectivity index (χ2n) is 5.15. The Bertz CT molecular complexity index is 728. The SMILES string of the molecule is COC(=O)c1cccc(NC(=O)CCc2cccc(F)c2)c1C. The molecule has 0 unspecified atom stereocenters. The maximum absolute atomic E-state index is 13.1. The van der Waals surface area contributed by atoms with Gasteiger partial charge in [-0.25, -0.2) is 9.18 Å². The smallest absolute Gasteiger partial charge is 0.338 e. The molecule has 0 saturated heterocycles. The number of rotatable bonds is 5. The van der Waals surface area contributed by atoms with Crippen LogP contribution in [0.4, 0.5) is 10.1 Å². The second kappa shape index (κ2) is 7.54. The number of hydrogen-bond acceptors (Lipinski definition) is 3. The zero-order valence-electron chi connectivity index (χ0n) is 13.1. The number of halogens is 1. The number of ether oxygens (including phenoxy) is 1. The average molecular weight is 315 g/mol. The summed E-state index contributed by atoms with van der Waals surface area (Å²) >= 11 is 0. The molecular formula is C18H18FNO3. The summed E-state index contributed by atoms with van der Waals surface area (Å²) in [5, 5.41) is 2.77. The van der Waals surface area contributed by atoms with Crippen molar-refractivity contribution < 1.29 is 18.7 Å². The molecule has 120 valence electrons. The van der Waals surface area contributed by atoms with Gasteiger partial charge in [0.05, 0.1) is 12.7 Å². The molecule has 0 saturated carbocycles. The minimum Gasteiger partial charge on any atom is -0.465 e. The molecule has 2 aromatic carbocycles.